The number of aromatic hydroxyl groups is 1. The summed E-state index contributed by atoms with van der Waals surface area (Å²) in [4.78, 5) is 17.3. The molecular weight excluding hydrogens is 295 g/mol. The van der Waals surface area contributed by atoms with Crippen LogP contribution in [0.2, 0.25) is 0 Å². The molecule has 0 fully saturated rings. The normalized spacial score (nSPS) is 13.6. The van der Waals surface area contributed by atoms with Crippen LogP contribution in [0.3, 0.4) is 0 Å². The molecule has 104 valence electrons. The molecule has 2 heterocycles. The van der Waals surface area contributed by atoms with Gasteiger partial charge in [0.15, 0.2) is 0 Å². The van der Waals surface area contributed by atoms with E-state index in [0.717, 1.165) is 23.2 Å². The molecule has 0 saturated heterocycles. The molecule has 1 aliphatic heterocycles. The predicted octanol–water partition coefficient (Wildman–Crippen LogP) is 0.813. The van der Waals surface area contributed by atoms with Crippen molar-refractivity contribution in [3.05, 3.63) is 29.5 Å². The summed E-state index contributed by atoms with van der Waals surface area (Å²) in [6.07, 6.45) is 1.25. The average Bonchev–Trinajstić information content (AvgIpc) is 2.43. The Balaban J connectivity index is 0.00000161. The quantitative estimate of drug-likeness (QED) is 0.789. The van der Waals surface area contributed by atoms with Crippen LogP contribution in [-0.2, 0) is 11.2 Å². The number of hydrogen-bond donors (Lipinski definition) is 1. The van der Waals surface area contributed by atoms with Crippen molar-refractivity contribution in [2.45, 2.75) is 19.8 Å². The van der Waals surface area contributed by atoms with Crippen molar-refractivity contribution in [2.75, 3.05) is 11.9 Å². The Morgan fingerprint density at radius 2 is 2.00 bits per heavy atom. The van der Waals surface area contributed by atoms with E-state index in [1.807, 2.05) is 18.2 Å². The maximum atomic E-state index is 11.7. The summed E-state index contributed by atoms with van der Waals surface area (Å²) in [5.74, 6) is 0.132. The third kappa shape index (κ3) is 3.17. The van der Waals surface area contributed by atoms with Gasteiger partial charge in [0.1, 0.15) is 5.69 Å². The fourth-order valence-corrected chi connectivity index (χ4v) is 2.46. The van der Waals surface area contributed by atoms with Gasteiger partial charge < -0.3 is 10.0 Å². The Morgan fingerprint density at radius 3 is 2.71 bits per heavy atom. The molecule has 7 heteroatoms. The van der Waals surface area contributed by atoms with Crippen LogP contribution in [-0.4, -0.2) is 84.6 Å². The number of hydrogen-bond acceptors (Lipinski definition) is 5. The van der Waals surface area contributed by atoms with Crippen molar-refractivity contribution in [1.29, 1.82) is 0 Å². The van der Waals surface area contributed by atoms with Crippen molar-refractivity contribution in [1.82, 2.24) is 15.2 Å². The Kier molecular flexibility index (Phi) is 5.10. The third-order valence-electron chi connectivity index (χ3n) is 3.55. The van der Waals surface area contributed by atoms with E-state index < -0.39 is 0 Å². The summed E-state index contributed by atoms with van der Waals surface area (Å²) in [5, 5.41) is 16.8. The molecule has 0 unspecified atom stereocenters. The Labute approximate surface area is 165 Å². The molecule has 0 bridgehead atoms. The first-order chi connectivity index (χ1) is 9.56. The van der Waals surface area contributed by atoms with Crippen LogP contribution in [0.4, 0.5) is 5.69 Å². The molecule has 6 nitrogen and oxygen atoms in total. The van der Waals surface area contributed by atoms with E-state index >= 15 is 0 Å². The molecule has 1 amide bonds. The van der Waals surface area contributed by atoms with Gasteiger partial charge in [-0.2, -0.15) is 4.98 Å². The molecule has 21 heavy (non-hydrogen) atoms. The summed E-state index contributed by atoms with van der Waals surface area (Å²) in [5.41, 5.74) is 4.20. The zero-order chi connectivity index (χ0) is 14.3. The van der Waals surface area contributed by atoms with Crippen molar-refractivity contribution in [3.8, 4) is 17.3 Å². The monoisotopic (exact) mass is 310 g/mol. The second-order valence-corrected chi connectivity index (χ2v) is 4.84. The first kappa shape index (κ1) is 16.5. The maximum absolute atomic E-state index is 11.7. The van der Waals surface area contributed by atoms with Crippen molar-refractivity contribution >= 4 is 63.0 Å². The molecule has 0 aliphatic carbocycles. The van der Waals surface area contributed by atoms with Gasteiger partial charge in [-0.05, 0) is 31.0 Å². The minimum atomic E-state index is -0.324. The first-order valence-electron chi connectivity index (χ1n) is 6.36. The molecular formula is C14H15KN4O2. The number of aromatic nitrogens is 3. The number of carbonyl (C=O) groups excluding carboxylic acids is 1. The van der Waals surface area contributed by atoms with E-state index in [1.54, 1.807) is 18.9 Å². The van der Waals surface area contributed by atoms with Crippen LogP contribution in [0.1, 0.15) is 17.7 Å². The second-order valence-electron chi connectivity index (χ2n) is 4.84. The summed E-state index contributed by atoms with van der Waals surface area (Å²) < 4.78 is 0. The summed E-state index contributed by atoms with van der Waals surface area (Å²) in [6, 6.07) is 5.49. The Morgan fingerprint density at radius 1 is 1.24 bits per heavy atom. The van der Waals surface area contributed by atoms with E-state index in [4.69, 9.17) is 0 Å². The van der Waals surface area contributed by atoms with Gasteiger partial charge in [-0.3, -0.25) is 4.79 Å². The van der Waals surface area contributed by atoms with Crippen LogP contribution in [0.15, 0.2) is 18.2 Å². The molecule has 1 N–H and O–H groups in total. The molecule has 1 aliphatic rings. The molecule has 1 aromatic heterocycles. The van der Waals surface area contributed by atoms with E-state index in [-0.39, 0.29) is 63.3 Å². The predicted molar refractivity (Wildman–Crippen MR) is 80.5 cm³/mol. The van der Waals surface area contributed by atoms with Crippen LogP contribution < -0.4 is 4.90 Å². The topological polar surface area (TPSA) is 79.2 Å². The number of anilines is 1. The second kappa shape index (κ2) is 6.49. The van der Waals surface area contributed by atoms with Gasteiger partial charge in [0.25, 0.3) is 0 Å². The standard InChI is InChI=1S/C14H14N4O2.K.H/c1-8-13(16-17-14(20)15-8)10-3-5-11-9(7-10)4-6-12(19)18(11)2;;/h3,5,7H,4,6H2,1-2H3,(H,15,17,20);;. The van der Waals surface area contributed by atoms with Gasteiger partial charge in [-0.15, -0.1) is 5.10 Å². The number of aryl methyl sites for hydroxylation is 2. The zero-order valence-electron chi connectivity index (χ0n) is 11.3. The summed E-state index contributed by atoms with van der Waals surface area (Å²) in [6.45, 7) is 1.78. The zero-order valence-corrected chi connectivity index (χ0v) is 11.3. The van der Waals surface area contributed by atoms with Crippen molar-refractivity contribution in [3.63, 3.8) is 0 Å². The summed E-state index contributed by atoms with van der Waals surface area (Å²) >= 11 is 0. The van der Waals surface area contributed by atoms with Crippen LogP contribution >= 0.6 is 0 Å². The van der Waals surface area contributed by atoms with Crippen LogP contribution in [0.25, 0.3) is 11.3 Å². The fraction of sp³-hybridized carbons (Fsp3) is 0.286. The van der Waals surface area contributed by atoms with Gasteiger partial charge in [0.05, 0.1) is 5.69 Å². The summed E-state index contributed by atoms with van der Waals surface area (Å²) in [7, 11) is 1.78. The van der Waals surface area contributed by atoms with Gasteiger partial charge >= 0.3 is 57.4 Å². The fourth-order valence-electron chi connectivity index (χ4n) is 2.46. The minimum absolute atomic E-state index is 0. The molecule has 0 radical (unpaired) electrons. The van der Waals surface area contributed by atoms with Crippen molar-refractivity contribution in [2.24, 2.45) is 0 Å². The Bertz CT molecular complexity index is 705. The van der Waals surface area contributed by atoms with E-state index in [9.17, 15) is 9.90 Å². The molecule has 1 aromatic carbocycles. The SMILES string of the molecule is Cc1nc(O)nnc1-c1ccc2c(c1)CCC(=O)N2C.[KH]. The Hall–Kier alpha value is -0.864. The third-order valence-corrected chi connectivity index (χ3v) is 3.55. The van der Waals surface area contributed by atoms with Crippen LogP contribution in [0, 0.1) is 6.92 Å². The molecule has 0 saturated carbocycles. The van der Waals surface area contributed by atoms with Gasteiger partial charge in [-0.25, -0.2) is 0 Å². The van der Waals surface area contributed by atoms with Crippen molar-refractivity contribution < 1.29 is 9.90 Å². The van der Waals surface area contributed by atoms with Gasteiger partial charge in [0.2, 0.25) is 5.91 Å². The van der Waals surface area contributed by atoms with Crippen LogP contribution in [0.5, 0.6) is 6.01 Å². The number of fused-ring (bicyclic) bond motifs is 1. The van der Waals surface area contributed by atoms with E-state index in [2.05, 4.69) is 15.2 Å². The van der Waals surface area contributed by atoms with Gasteiger partial charge in [0, 0.05) is 24.7 Å². The first-order valence-corrected chi connectivity index (χ1v) is 6.36. The molecule has 0 spiro atoms. The van der Waals surface area contributed by atoms with E-state index in [0.29, 0.717) is 17.8 Å². The number of benzene rings is 1. The number of rotatable bonds is 1. The number of nitrogens with zero attached hydrogens (tertiary/aromatic N) is 4. The number of carbonyl (C=O) groups is 1. The van der Waals surface area contributed by atoms with Gasteiger partial charge in [-0.1, -0.05) is 11.2 Å². The average molecular weight is 310 g/mol. The molecule has 0 atom stereocenters. The van der Waals surface area contributed by atoms with E-state index in [1.165, 1.54) is 0 Å². The molecule has 2 aromatic rings. The number of amides is 1. The molecule has 3 rings (SSSR count).